The number of aliphatic hydroxyl groups excluding tert-OH is 1. The first-order valence-corrected chi connectivity index (χ1v) is 9.37. The highest BCUT2D eigenvalue weighted by molar-refractivity contribution is 6.06. The van der Waals surface area contributed by atoms with Gasteiger partial charge in [-0.15, -0.1) is 0 Å². The second kappa shape index (κ2) is 8.58. The van der Waals surface area contributed by atoms with Crippen LogP contribution in [0.5, 0.6) is 5.75 Å². The fourth-order valence-electron chi connectivity index (χ4n) is 3.12. The number of hydrogen-bond donors (Lipinski definition) is 2. The van der Waals surface area contributed by atoms with Crippen LogP contribution in [0.15, 0.2) is 85.2 Å². The summed E-state index contributed by atoms with van der Waals surface area (Å²) in [7, 11) is 0. The van der Waals surface area contributed by atoms with Gasteiger partial charge in [-0.2, -0.15) is 0 Å². The highest BCUT2D eigenvalue weighted by Gasteiger charge is 2.15. The van der Waals surface area contributed by atoms with Crippen LogP contribution in [0.25, 0.3) is 11.0 Å². The molecular weight excluding hydrogens is 366 g/mol. The molecule has 0 saturated carbocycles. The lowest BCUT2D eigenvalue weighted by Gasteiger charge is -2.16. The van der Waals surface area contributed by atoms with Gasteiger partial charge < -0.3 is 19.7 Å². The van der Waals surface area contributed by atoms with E-state index < -0.39 is 6.10 Å². The van der Waals surface area contributed by atoms with Gasteiger partial charge in [-0.1, -0.05) is 42.5 Å². The molecule has 29 heavy (non-hydrogen) atoms. The van der Waals surface area contributed by atoms with E-state index in [1.807, 2.05) is 59.2 Å². The molecule has 1 heterocycles. The fourth-order valence-corrected chi connectivity index (χ4v) is 3.12. The molecule has 0 spiro atoms. The average Bonchev–Trinajstić information content (AvgIpc) is 3.16. The van der Waals surface area contributed by atoms with Crippen molar-refractivity contribution in [3.63, 3.8) is 0 Å². The van der Waals surface area contributed by atoms with Gasteiger partial charge in [-0.05, 0) is 36.4 Å². The van der Waals surface area contributed by atoms with E-state index in [0.29, 0.717) is 23.5 Å². The number of carbonyl (C=O) groups is 1. The van der Waals surface area contributed by atoms with Crippen LogP contribution in [-0.4, -0.2) is 33.3 Å². The first kappa shape index (κ1) is 18.7. The number of aliphatic hydroxyl groups is 1. The topological polar surface area (TPSA) is 76.4 Å². The minimum Gasteiger partial charge on any atom is -0.490 e. The van der Waals surface area contributed by atoms with Crippen molar-refractivity contribution in [1.29, 1.82) is 0 Å². The normalized spacial score (nSPS) is 11.9. The van der Waals surface area contributed by atoms with Crippen LogP contribution in [0.4, 0.5) is 5.69 Å². The number of para-hydroxylation sites is 4. The number of nitrogens with one attached hydrogen (secondary N) is 1. The molecule has 4 aromatic rings. The molecule has 0 saturated heterocycles. The Morgan fingerprint density at radius 1 is 1.00 bits per heavy atom. The monoisotopic (exact) mass is 387 g/mol. The standard InChI is InChI=1S/C23H21N3O3/c27-18(14-26-16-24-20-11-5-6-12-21(20)26)15-29-22-13-7-4-10-19(22)23(28)25-17-8-2-1-3-9-17/h1-13,16,18,27H,14-15H2,(H,25,28). The summed E-state index contributed by atoms with van der Waals surface area (Å²) in [5, 5.41) is 13.3. The third-order valence-electron chi connectivity index (χ3n) is 4.53. The Morgan fingerprint density at radius 2 is 1.72 bits per heavy atom. The lowest BCUT2D eigenvalue weighted by Crippen LogP contribution is -2.24. The predicted molar refractivity (Wildman–Crippen MR) is 112 cm³/mol. The molecule has 1 amide bonds. The van der Waals surface area contributed by atoms with Gasteiger partial charge in [-0.25, -0.2) is 4.98 Å². The Balaban J connectivity index is 1.41. The zero-order valence-electron chi connectivity index (χ0n) is 15.7. The van der Waals surface area contributed by atoms with Gasteiger partial charge in [0.2, 0.25) is 0 Å². The molecule has 0 aliphatic heterocycles. The number of hydrogen-bond acceptors (Lipinski definition) is 4. The molecule has 0 aliphatic rings. The molecule has 6 nitrogen and oxygen atoms in total. The number of imidazole rings is 1. The highest BCUT2D eigenvalue weighted by Crippen LogP contribution is 2.20. The van der Waals surface area contributed by atoms with Crippen molar-refractivity contribution in [2.45, 2.75) is 12.6 Å². The van der Waals surface area contributed by atoms with Gasteiger partial charge in [0.05, 0.1) is 29.5 Å². The van der Waals surface area contributed by atoms with Gasteiger partial charge >= 0.3 is 0 Å². The summed E-state index contributed by atoms with van der Waals surface area (Å²) in [5.41, 5.74) is 2.95. The lowest BCUT2D eigenvalue weighted by atomic mass is 10.2. The van der Waals surface area contributed by atoms with E-state index in [9.17, 15) is 9.90 Å². The van der Waals surface area contributed by atoms with E-state index >= 15 is 0 Å². The van der Waals surface area contributed by atoms with Gasteiger partial charge in [-0.3, -0.25) is 4.79 Å². The molecule has 3 aromatic carbocycles. The van der Waals surface area contributed by atoms with E-state index in [0.717, 1.165) is 11.0 Å². The largest absolute Gasteiger partial charge is 0.490 e. The Hall–Kier alpha value is -3.64. The van der Waals surface area contributed by atoms with Gasteiger partial charge in [0.15, 0.2) is 0 Å². The third kappa shape index (κ3) is 4.44. The number of benzene rings is 3. The molecule has 4 rings (SSSR count). The molecular formula is C23H21N3O3. The molecule has 0 bridgehead atoms. The first-order chi connectivity index (χ1) is 14.2. The number of carbonyl (C=O) groups excluding carboxylic acids is 1. The van der Waals surface area contributed by atoms with Crippen LogP contribution in [0.3, 0.4) is 0 Å². The predicted octanol–water partition coefficient (Wildman–Crippen LogP) is 3.73. The number of aromatic nitrogens is 2. The molecule has 0 aliphatic carbocycles. The van der Waals surface area contributed by atoms with Crippen LogP contribution >= 0.6 is 0 Å². The molecule has 1 atom stereocenters. The van der Waals surface area contributed by atoms with Crippen LogP contribution in [0, 0.1) is 0 Å². The summed E-state index contributed by atoms with van der Waals surface area (Å²) in [4.78, 5) is 16.9. The number of rotatable bonds is 7. The smallest absolute Gasteiger partial charge is 0.259 e. The summed E-state index contributed by atoms with van der Waals surface area (Å²) < 4.78 is 7.66. The van der Waals surface area contributed by atoms with E-state index in [-0.39, 0.29) is 12.5 Å². The summed E-state index contributed by atoms with van der Waals surface area (Å²) in [6.07, 6.45) is 0.952. The van der Waals surface area contributed by atoms with E-state index in [1.54, 1.807) is 30.6 Å². The summed E-state index contributed by atoms with van der Waals surface area (Å²) in [5.74, 6) is 0.164. The second-order valence-corrected chi connectivity index (χ2v) is 6.67. The number of anilines is 1. The van der Waals surface area contributed by atoms with Crippen LogP contribution in [0.2, 0.25) is 0 Å². The molecule has 146 valence electrons. The van der Waals surface area contributed by atoms with Crippen molar-refractivity contribution in [1.82, 2.24) is 9.55 Å². The minimum absolute atomic E-state index is 0.0577. The van der Waals surface area contributed by atoms with Crippen molar-refractivity contribution in [3.05, 3.63) is 90.8 Å². The SMILES string of the molecule is O=C(Nc1ccccc1)c1ccccc1OCC(O)Cn1cnc2ccccc21. The summed E-state index contributed by atoms with van der Waals surface area (Å²) >= 11 is 0. The third-order valence-corrected chi connectivity index (χ3v) is 4.53. The highest BCUT2D eigenvalue weighted by atomic mass is 16.5. The Labute approximate surface area is 168 Å². The number of ether oxygens (including phenoxy) is 1. The molecule has 0 fully saturated rings. The maximum Gasteiger partial charge on any atom is 0.259 e. The molecule has 6 heteroatoms. The fraction of sp³-hybridized carbons (Fsp3) is 0.130. The summed E-state index contributed by atoms with van der Waals surface area (Å²) in [6.45, 7) is 0.404. The molecule has 1 aromatic heterocycles. The van der Waals surface area contributed by atoms with Crippen molar-refractivity contribution >= 4 is 22.6 Å². The molecule has 2 N–H and O–H groups in total. The van der Waals surface area contributed by atoms with Crippen LogP contribution < -0.4 is 10.1 Å². The first-order valence-electron chi connectivity index (χ1n) is 9.37. The van der Waals surface area contributed by atoms with Crippen molar-refractivity contribution in [3.8, 4) is 5.75 Å². The van der Waals surface area contributed by atoms with Gasteiger partial charge in [0.25, 0.3) is 5.91 Å². The Morgan fingerprint density at radius 3 is 2.59 bits per heavy atom. The maximum atomic E-state index is 12.6. The van der Waals surface area contributed by atoms with Crippen molar-refractivity contribution in [2.24, 2.45) is 0 Å². The van der Waals surface area contributed by atoms with Crippen LogP contribution in [-0.2, 0) is 6.54 Å². The lowest BCUT2D eigenvalue weighted by molar-refractivity contribution is 0.0906. The molecule has 0 radical (unpaired) electrons. The number of fused-ring (bicyclic) bond motifs is 1. The maximum absolute atomic E-state index is 12.6. The number of nitrogens with zero attached hydrogens (tertiary/aromatic N) is 2. The zero-order valence-corrected chi connectivity index (χ0v) is 15.7. The molecule has 1 unspecified atom stereocenters. The van der Waals surface area contributed by atoms with Gasteiger partial charge in [0, 0.05) is 5.69 Å². The van der Waals surface area contributed by atoms with Crippen molar-refractivity contribution in [2.75, 3.05) is 11.9 Å². The second-order valence-electron chi connectivity index (χ2n) is 6.67. The van der Waals surface area contributed by atoms with E-state index in [1.165, 1.54) is 0 Å². The quantitative estimate of drug-likeness (QED) is 0.507. The van der Waals surface area contributed by atoms with Crippen LogP contribution in [0.1, 0.15) is 10.4 Å². The van der Waals surface area contributed by atoms with Gasteiger partial charge in [0.1, 0.15) is 18.5 Å². The Kier molecular flexibility index (Phi) is 5.54. The van der Waals surface area contributed by atoms with E-state index in [4.69, 9.17) is 4.74 Å². The minimum atomic E-state index is -0.752. The van der Waals surface area contributed by atoms with Crippen molar-refractivity contribution < 1.29 is 14.6 Å². The Bertz CT molecular complexity index is 1110. The average molecular weight is 387 g/mol. The van der Waals surface area contributed by atoms with E-state index in [2.05, 4.69) is 10.3 Å². The zero-order chi connectivity index (χ0) is 20.1. The summed E-state index contributed by atoms with van der Waals surface area (Å²) in [6, 6.07) is 24.0. The number of amides is 1.